The molecule has 5 N–H and O–H groups in total. The molecule has 0 aliphatic rings. The second kappa shape index (κ2) is 12.3. The standard InChI is InChI=1S/C32H29F4N5O4/c1-17(33)29(42)40-21-9-6-18(7-10-21)26-24(19-8-11-22(23(14-19)45-5)30(43)39-16-32(34,35)36)25-27(41(26)4)20(15-38-28(25)37)12-13-31(2,3)44/h6-11,14-15,44H,1,16H2,2-5H3,(H2,37,38)(H,39,43)(H,40,42). The number of nitrogens with one attached hydrogen (secondary N) is 2. The Morgan fingerprint density at radius 1 is 1.13 bits per heavy atom. The van der Waals surface area contributed by atoms with E-state index in [0.717, 1.165) is 0 Å². The van der Waals surface area contributed by atoms with Crippen LogP contribution in [0.3, 0.4) is 0 Å². The number of nitrogen functional groups attached to an aromatic ring is 1. The zero-order valence-corrected chi connectivity index (χ0v) is 24.7. The maximum Gasteiger partial charge on any atom is 0.405 e. The number of hydrogen-bond acceptors (Lipinski definition) is 6. The number of carbonyl (C=O) groups excluding carboxylic acids is 2. The van der Waals surface area contributed by atoms with E-state index >= 15 is 0 Å². The normalized spacial score (nSPS) is 11.5. The van der Waals surface area contributed by atoms with E-state index in [1.165, 1.54) is 39.3 Å². The number of aromatic nitrogens is 2. The number of ether oxygens (including phenoxy) is 1. The highest BCUT2D eigenvalue weighted by Crippen LogP contribution is 2.44. The monoisotopic (exact) mass is 623 g/mol. The molecular weight excluding hydrogens is 594 g/mol. The van der Waals surface area contributed by atoms with Gasteiger partial charge >= 0.3 is 6.18 Å². The number of methoxy groups -OCH3 is 1. The van der Waals surface area contributed by atoms with Crippen molar-refractivity contribution < 1.29 is 37.0 Å². The van der Waals surface area contributed by atoms with E-state index in [1.54, 1.807) is 37.4 Å². The molecule has 2 heterocycles. The molecule has 234 valence electrons. The van der Waals surface area contributed by atoms with Gasteiger partial charge < -0.3 is 30.8 Å². The van der Waals surface area contributed by atoms with E-state index in [4.69, 9.17) is 10.5 Å². The van der Waals surface area contributed by atoms with Crippen LogP contribution in [0.2, 0.25) is 0 Å². The topological polar surface area (TPSA) is 132 Å². The van der Waals surface area contributed by atoms with Gasteiger partial charge in [-0.1, -0.05) is 36.6 Å². The van der Waals surface area contributed by atoms with Crippen LogP contribution >= 0.6 is 0 Å². The minimum absolute atomic E-state index is 0.00384. The molecule has 13 heteroatoms. The lowest BCUT2D eigenvalue weighted by atomic mass is 9.96. The van der Waals surface area contributed by atoms with Crippen LogP contribution in [0.5, 0.6) is 5.75 Å². The van der Waals surface area contributed by atoms with E-state index in [0.29, 0.717) is 44.5 Å². The Hall–Kier alpha value is -5.35. The van der Waals surface area contributed by atoms with E-state index in [9.17, 15) is 32.3 Å². The summed E-state index contributed by atoms with van der Waals surface area (Å²) in [4.78, 5) is 28.7. The Morgan fingerprint density at radius 3 is 2.36 bits per heavy atom. The van der Waals surface area contributed by atoms with Crippen LogP contribution in [0.4, 0.5) is 29.1 Å². The summed E-state index contributed by atoms with van der Waals surface area (Å²) < 4.78 is 58.7. The first kappa shape index (κ1) is 32.6. The molecule has 2 amide bonds. The van der Waals surface area contributed by atoms with Crippen molar-refractivity contribution in [3.05, 3.63) is 72.2 Å². The number of amides is 2. The predicted octanol–water partition coefficient (Wildman–Crippen LogP) is 5.33. The van der Waals surface area contributed by atoms with Gasteiger partial charge in [0.25, 0.3) is 11.8 Å². The van der Waals surface area contributed by atoms with Crippen LogP contribution in [0.25, 0.3) is 33.3 Å². The highest BCUT2D eigenvalue weighted by Gasteiger charge is 2.29. The number of halogens is 4. The summed E-state index contributed by atoms with van der Waals surface area (Å²) in [6.45, 7) is 4.52. The molecule has 0 radical (unpaired) electrons. The molecular formula is C32H29F4N5O4. The molecule has 2 aromatic carbocycles. The van der Waals surface area contributed by atoms with Gasteiger partial charge in [0.15, 0.2) is 5.83 Å². The molecule has 0 unspecified atom stereocenters. The molecule has 0 saturated carbocycles. The van der Waals surface area contributed by atoms with Crippen molar-refractivity contribution in [2.24, 2.45) is 7.05 Å². The minimum atomic E-state index is -4.60. The molecule has 0 fully saturated rings. The Bertz CT molecular complexity index is 1880. The number of alkyl halides is 3. The second-order valence-electron chi connectivity index (χ2n) is 10.5. The lowest BCUT2D eigenvalue weighted by Crippen LogP contribution is -2.33. The van der Waals surface area contributed by atoms with Crippen LogP contribution in [0, 0.1) is 11.8 Å². The van der Waals surface area contributed by atoms with Gasteiger partial charge in [-0.2, -0.15) is 13.2 Å². The molecule has 45 heavy (non-hydrogen) atoms. The zero-order chi connectivity index (χ0) is 33.3. The van der Waals surface area contributed by atoms with Gasteiger partial charge in [0, 0.05) is 24.5 Å². The summed E-state index contributed by atoms with van der Waals surface area (Å²) in [6, 6.07) is 10.8. The van der Waals surface area contributed by atoms with Crippen molar-refractivity contribution in [1.29, 1.82) is 0 Å². The number of fused-ring (bicyclic) bond motifs is 1. The first-order valence-corrected chi connectivity index (χ1v) is 13.3. The fourth-order valence-electron chi connectivity index (χ4n) is 4.66. The quantitative estimate of drug-likeness (QED) is 0.125. The van der Waals surface area contributed by atoms with E-state index in [-0.39, 0.29) is 17.1 Å². The predicted molar refractivity (Wildman–Crippen MR) is 163 cm³/mol. The van der Waals surface area contributed by atoms with Gasteiger partial charge in [-0.05, 0) is 49.2 Å². The van der Waals surface area contributed by atoms with E-state index in [2.05, 4.69) is 28.7 Å². The highest BCUT2D eigenvalue weighted by atomic mass is 19.4. The average molecular weight is 624 g/mol. The molecule has 2 aromatic heterocycles. The number of benzene rings is 2. The van der Waals surface area contributed by atoms with Gasteiger partial charge in [0.1, 0.15) is 23.7 Å². The highest BCUT2D eigenvalue weighted by molar-refractivity contribution is 6.11. The molecule has 0 aliphatic heterocycles. The maximum atomic E-state index is 13.2. The third-order valence-electron chi connectivity index (χ3n) is 6.59. The Morgan fingerprint density at radius 2 is 1.78 bits per heavy atom. The van der Waals surface area contributed by atoms with Gasteiger partial charge in [-0.15, -0.1) is 0 Å². The Kier molecular flexibility index (Phi) is 8.92. The van der Waals surface area contributed by atoms with Gasteiger partial charge in [-0.25, -0.2) is 9.37 Å². The van der Waals surface area contributed by atoms with Crippen LogP contribution in [-0.2, 0) is 11.8 Å². The molecule has 4 rings (SSSR count). The largest absolute Gasteiger partial charge is 0.496 e. The second-order valence-corrected chi connectivity index (χ2v) is 10.5. The fraction of sp³-hybridized carbons (Fsp3) is 0.219. The minimum Gasteiger partial charge on any atom is -0.496 e. The molecule has 0 atom stereocenters. The van der Waals surface area contributed by atoms with Crippen molar-refractivity contribution >= 4 is 34.2 Å². The Balaban J connectivity index is 1.97. The van der Waals surface area contributed by atoms with Gasteiger partial charge in [0.05, 0.1) is 34.8 Å². The molecule has 9 nitrogen and oxygen atoms in total. The molecule has 0 aliphatic carbocycles. The van der Waals surface area contributed by atoms with Crippen LogP contribution in [0.1, 0.15) is 29.8 Å². The first-order chi connectivity index (χ1) is 21.0. The number of pyridine rings is 1. The summed E-state index contributed by atoms with van der Waals surface area (Å²) in [5, 5.41) is 14.9. The molecule has 0 spiro atoms. The Labute approximate surface area is 255 Å². The average Bonchev–Trinajstić information content (AvgIpc) is 3.28. The SMILES string of the molecule is C=C(F)C(=O)Nc1ccc(-c2c(-c3ccc(C(=O)NCC(F)(F)F)c(OC)c3)c3c(N)ncc(C#CC(C)(C)O)c3n2C)cc1. The molecule has 0 bridgehead atoms. The van der Waals surface area contributed by atoms with Crippen molar-refractivity contribution in [3.8, 4) is 40.0 Å². The number of nitrogens with zero attached hydrogens (tertiary/aromatic N) is 2. The lowest BCUT2D eigenvalue weighted by molar-refractivity contribution is -0.123. The van der Waals surface area contributed by atoms with Crippen molar-refractivity contribution in [2.45, 2.75) is 25.6 Å². The third-order valence-corrected chi connectivity index (χ3v) is 6.59. The van der Waals surface area contributed by atoms with E-state index < -0.39 is 36.0 Å². The number of aliphatic hydroxyl groups is 1. The smallest absolute Gasteiger partial charge is 0.405 e. The first-order valence-electron chi connectivity index (χ1n) is 13.3. The summed E-state index contributed by atoms with van der Waals surface area (Å²) in [7, 11) is 3.04. The van der Waals surface area contributed by atoms with Crippen LogP contribution in [0.15, 0.2) is 61.1 Å². The number of nitrogens with two attached hydrogens (primary N) is 1. The van der Waals surface area contributed by atoms with E-state index in [1.807, 2.05) is 9.88 Å². The number of rotatable bonds is 7. The summed E-state index contributed by atoms with van der Waals surface area (Å²) in [5.41, 5.74) is 8.50. The van der Waals surface area contributed by atoms with Crippen molar-refractivity contribution in [1.82, 2.24) is 14.9 Å². The van der Waals surface area contributed by atoms with Crippen molar-refractivity contribution in [3.63, 3.8) is 0 Å². The summed E-state index contributed by atoms with van der Waals surface area (Å²) in [6.07, 6.45) is -3.13. The van der Waals surface area contributed by atoms with Crippen molar-refractivity contribution in [2.75, 3.05) is 24.7 Å². The molecule has 4 aromatic rings. The maximum absolute atomic E-state index is 13.2. The van der Waals surface area contributed by atoms with Gasteiger partial charge in [-0.3, -0.25) is 9.59 Å². The zero-order valence-electron chi connectivity index (χ0n) is 24.7. The van der Waals surface area contributed by atoms with Gasteiger partial charge in [0.2, 0.25) is 0 Å². The third kappa shape index (κ3) is 7.25. The molecule has 0 saturated heterocycles. The number of hydrogen-bond donors (Lipinski definition) is 4. The number of anilines is 2. The van der Waals surface area contributed by atoms with Crippen LogP contribution < -0.4 is 21.1 Å². The fourth-order valence-corrected chi connectivity index (χ4v) is 4.66. The lowest BCUT2D eigenvalue weighted by Gasteiger charge is -2.14. The summed E-state index contributed by atoms with van der Waals surface area (Å²) >= 11 is 0. The summed E-state index contributed by atoms with van der Waals surface area (Å²) in [5.74, 6) is 2.74. The number of carbonyl (C=O) groups is 2. The number of aryl methyl sites for hydroxylation is 1. The van der Waals surface area contributed by atoms with Crippen LogP contribution in [-0.4, -0.2) is 51.9 Å².